The fraction of sp³-hybridized carbons (Fsp3) is 0.400. The summed E-state index contributed by atoms with van der Waals surface area (Å²) in [5, 5.41) is 0. The average Bonchev–Trinajstić information content (AvgIpc) is 3.13. The zero-order valence-electron chi connectivity index (χ0n) is 21.6. The van der Waals surface area contributed by atoms with Gasteiger partial charge in [0.05, 0.1) is 0 Å². The van der Waals surface area contributed by atoms with Crippen molar-refractivity contribution in [3.05, 3.63) is 94.5 Å². The Kier molecular flexibility index (Phi) is 9.77. The van der Waals surface area contributed by atoms with E-state index < -0.39 is 0 Å². The molecule has 2 aromatic carbocycles. The summed E-state index contributed by atoms with van der Waals surface area (Å²) in [5.41, 5.74) is 8.18. The third-order valence-electron chi connectivity index (χ3n) is 5.90. The minimum atomic E-state index is 0.458. The molecule has 0 unspecified atom stereocenters. The molecule has 0 bridgehead atoms. The summed E-state index contributed by atoms with van der Waals surface area (Å²) in [6.45, 7) is 24.7. The van der Waals surface area contributed by atoms with Crippen molar-refractivity contribution in [3.63, 3.8) is 0 Å². The van der Waals surface area contributed by atoms with Crippen molar-refractivity contribution in [2.24, 2.45) is 0 Å². The van der Waals surface area contributed by atoms with Gasteiger partial charge < -0.3 is 0 Å². The molecule has 33 heavy (non-hydrogen) atoms. The van der Waals surface area contributed by atoms with Crippen LogP contribution in [0.3, 0.4) is 0 Å². The monoisotopic (exact) mass is 535 g/mol. The van der Waals surface area contributed by atoms with E-state index in [1.165, 1.54) is 39.7 Å². The Balaban J connectivity index is 0.00000122. The summed E-state index contributed by atoms with van der Waals surface area (Å²) >= 11 is 3.64. The van der Waals surface area contributed by atoms with E-state index >= 15 is 0 Å². The van der Waals surface area contributed by atoms with Gasteiger partial charge >= 0.3 is 193 Å². The SMILES string of the molecule is C=C[CH2-].CC(C)c1cccc(C(C)C)c1-n1ccn(-c2c(C(C)C)cccc2C(C)C)[c]1=[Pd]. The summed E-state index contributed by atoms with van der Waals surface area (Å²) in [5.74, 6) is 1.83. The van der Waals surface area contributed by atoms with Crippen LogP contribution in [0.1, 0.15) is 101 Å². The number of hydrogen-bond acceptors (Lipinski definition) is 0. The van der Waals surface area contributed by atoms with E-state index in [9.17, 15) is 0 Å². The number of benzene rings is 2. The molecule has 0 fully saturated rings. The van der Waals surface area contributed by atoms with E-state index in [2.05, 4.69) is 146 Å². The first-order valence-electron chi connectivity index (χ1n) is 12.0. The van der Waals surface area contributed by atoms with E-state index in [1.807, 2.05) is 0 Å². The number of imidazole rings is 1. The molecule has 3 heteroatoms. The van der Waals surface area contributed by atoms with Crippen molar-refractivity contribution in [3.8, 4) is 11.4 Å². The van der Waals surface area contributed by atoms with Gasteiger partial charge in [-0.2, -0.15) is 0 Å². The maximum absolute atomic E-state index is 3.64. The Hall–Kier alpha value is -2.08. The van der Waals surface area contributed by atoms with Gasteiger partial charge in [-0.25, -0.2) is 19.6 Å². The number of nitrogens with zero attached hydrogens (tertiary/aromatic N) is 2. The summed E-state index contributed by atoms with van der Waals surface area (Å²) in [6, 6.07) is 13.5. The van der Waals surface area contributed by atoms with E-state index in [0.717, 1.165) is 3.89 Å². The topological polar surface area (TPSA) is 9.86 Å². The first kappa shape index (κ1) is 27.2. The molecule has 0 amide bonds. The van der Waals surface area contributed by atoms with Crippen molar-refractivity contribution >= 4 is 0 Å². The van der Waals surface area contributed by atoms with Crippen LogP contribution < -0.4 is 0 Å². The molecule has 0 spiro atoms. The number of aromatic nitrogens is 2. The van der Waals surface area contributed by atoms with Crippen molar-refractivity contribution < 1.29 is 18.7 Å². The van der Waals surface area contributed by atoms with Gasteiger partial charge in [-0.05, 0) is 0 Å². The molecule has 0 aliphatic heterocycles. The molecule has 0 radical (unpaired) electrons. The quantitative estimate of drug-likeness (QED) is 0.220. The summed E-state index contributed by atoms with van der Waals surface area (Å²) in [4.78, 5) is 0. The van der Waals surface area contributed by atoms with Crippen molar-refractivity contribution in [1.29, 1.82) is 0 Å². The van der Waals surface area contributed by atoms with Crippen LogP contribution in [-0.2, 0) is 18.7 Å². The fourth-order valence-corrected chi connectivity index (χ4v) is 4.84. The Morgan fingerprint density at radius 2 is 0.909 bits per heavy atom. The first-order chi connectivity index (χ1) is 15.6. The fourth-order valence-electron chi connectivity index (χ4n) is 4.26. The van der Waals surface area contributed by atoms with Crippen molar-refractivity contribution in [2.75, 3.05) is 0 Å². The molecular weight excluding hydrogens is 495 g/mol. The van der Waals surface area contributed by atoms with Gasteiger partial charge in [0.2, 0.25) is 0 Å². The summed E-state index contributed by atoms with van der Waals surface area (Å²) in [6.07, 6.45) is 5.93. The standard InChI is InChI=1S/C27H36N2.C3H5.Pd/c1-18(2)22-11-9-12-23(19(3)4)26(22)28-15-16-29(17-28)27-24(20(5)6)13-10-14-25(27)21(7)8;1-3-2;/h9-16,18-21H,1-8H3;3H,1-2H2;/q;-1;. The second kappa shape index (κ2) is 11.9. The van der Waals surface area contributed by atoms with Gasteiger partial charge in [0, 0.05) is 0 Å². The molecule has 0 aliphatic carbocycles. The van der Waals surface area contributed by atoms with Gasteiger partial charge in [-0.3, -0.25) is 0 Å². The van der Waals surface area contributed by atoms with Gasteiger partial charge in [-0.1, -0.05) is 0 Å². The van der Waals surface area contributed by atoms with Gasteiger partial charge in [0.25, 0.3) is 0 Å². The molecule has 3 rings (SSSR count). The van der Waals surface area contributed by atoms with Crippen LogP contribution in [0.4, 0.5) is 0 Å². The Morgan fingerprint density at radius 1 is 0.667 bits per heavy atom. The number of para-hydroxylation sites is 2. The van der Waals surface area contributed by atoms with Crippen molar-refractivity contribution in [1.82, 2.24) is 9.13 Å². The predicted molar refractivity (Wildman–Crippen MR) is 140 cm³/mol. The van der Waals surface area contributed by atoms with E-state index in [1.54, 1.807) is 0 Å². The second-order valence-electron chi connectivity index (χ2n) is 9.76. The van der Waals surface area contributed by atoms with Gasteiger partial charge in [0.15, 0.2) is 0 Å². The van der Waals surface area contributed by atoms with Crippen LogP contribution in [0.2, 0.25) is 0 Å². The molecule has 182 valence electrons. The van der Waals surface area contributed by atoms with Crippen LogP contribution in [0.5, 0.6) is 0 Å². The third-order valence-corrected chi connectivity index (χ3v) is 6.65. The molecular formula is C30H41N2Pd-. The molecule has 3 aromatic rings. The molecule has 0 saturated heterocycles. The van der Waals surface area contributed by atoms with Gasteiger partial charge in [0.1, 0.15) is 0 Å². The minimum absolute atomic E-state index is 0.458. The molecule has 0 N–H and O–H groups in total. The average molecular weight is 536 g/mol. The number of allylic oxidation sites excluding steroid dienone is 1. The van der Waals surface area contributed by atoms with E-state index in [0.29, 0.717) is 23.7 Å². The van der Waals surface area contributed by atoms with Crippen molar-refractivity contribution in [2.45, 2.75) is 79.1 Å². The third kappa shape index (κ3) is 5.89. The predicted octanol–water partition coefficient (Wildman–Crippen LogP) is 8.85. The number of hydrogen-bond donors (Lipinski definition) is 0. The van der Waals surface area contributed by atoms with E-state index in [4.69, 9.17) is 0 Å². The zero-order valence-corrected chi connectivity index (χ0v) is 23.2. The first-order valence-corrected chi connectivity index (χ1v) is 12.8. The molecule has 0 atom stereocenters. The van der Waals surface area contributed by atoms with Crippen LogP contribution >= 0.6 is 0 Å². The zero-order chi connectivity index (χ0) is 24.9. The Bertz CT molecular complexity index is 990. The van der Waals surface area contributed by atoms with E-state index in [-0.39, 0.29) is 0 Å². The Labute approximate surface area is 212 Å². The normalized spacial score (nSPS) is 11.3. The molecule has 1 aromatic heterocycles. The Morgan fingerprint density at radius 3 is 1.12 bits per heavy atom. The van der Waals surface area contributed by atoms with Crippen LogP contribution in [-0.4, -0.2) is 9.13 Å². The molecule has 0 aliphatic rings. The molecule has 0 saturated carbocycles. The summed E-state index contributed by atoms with van der Waals surface area (Å²) < 4.78 is 5.78. The molecule has 1 heterocycles. The van der Waals surface area contributed by atoms with Crippen LogP contribution in [0.15, 0.2) is 61.4 Å². The second-order valence-corrected chi connectivity index (χ2v) is 10.5. The van der Waals surface area contributed by atoms with Gasteiger partial charge in [-0.15, -0.1) is 0 Å². The molecule has 2 nitrogen and oxygen atoms in total. The van der Waals surface area contributed by atoms with Crippen LogP contribution in [0, 0.1) is 10.8 Å². The van der Waals surface area contributed by atoms with Crippen LogP contribution in [0.25, 0.3) is 11.4 Å². The summed E-state index contributed by atoms with van der Waals surface area (Å²) in [7, 11) is 0. The maximum atomic E-state index is 3.64. The number of rotatable bonds is 6.